The van der Waals surface area contributed by atoms with Crippen molar-refractivity contribution in [2.45, 2.75) is 51.9 Å². The number of furan rings is 1. The Labute approximate surface area is 372 Å². The maximum absolute atomic E-state index is 6.40. The Bertz CT molecular complexity index is 3630. The van der Waals surface area contributed by atoms with Crippen LogP contribution in [0.5, 0.6) is 0 Å². The molecule has 1 unspecified atom stereocenters. The second-order valence-corrected chi connectivity index (χ2v) is 17.9. The molecule has 308 valence electrons. The highest BCUT2D eigenvalue weighted by molar-refractivity contribution is 6.10. The molecule has 3 heterocycles. The van der Waals surface area contributed by atoms with Crippen molar-refractivity contribution in [2.75, 3.05) is 0 Å². The van der Waals surface area contributed by atoms with E-state index < -0.39 is 0 Å². The molecule has 0 radical (unpaired) electrons. The van der Waals surface area contributed by atoms with Crippen molar-refractivity contribution in [1.82, 2.24) is 19.5 Å². The first-order valence-corrected chi connectivity index (χ1v) is 22.4. The van der Waals surface area contributed by atoms with Gasteiger partial charge in [0.1, 0.15) is 17.0 Å². The molecule has 11 aromatic rings. The van der Waals surface area contributed by atoms with Crippen molar-refractivity contribution in [3.8, 4) is 50.7 Å². The van der Waals surface area contributed by atoms with E-state index in [1.54, 1.807) is 0 Å². The summed E-state index contributed by atoms with van der Waals surface area (Å²) in [6.45, 7) is 9.22. The summed E-state index contributed by atoms with van der Waals surface area (Å²) in [5.74, 6) is 2.00. The quantitative estimate of drug-likeness (QED) is 0.153. The minimum atomic E-state index is -0.0500. The summed E-state index contributed by atoms with van der Waals surface area (Å²) in [5.41, 5.74) is 17.5. The molecule has 5 nitrogen and oxygen atoms in total. The normalized spacial score (nSPS) is 13.5. The van der Waals surface area contributed by atoms with Crippen LogP contribution in [0.25, 0.3) is 94.5 Å². The Morgan fingerprint density at radius 1 is 0.516 bits per heavy atom. The summed E-state index contributed by atoms with van der Waals surface area (Å²) in [6, 6.07) is 63.1. The first-order chi connectivity index (χ1) is 31.3. The summed E-state index contributed by atoms with van der Waals surface area (Å²) >= 11 is 0. The number of aryl methyl sites for hydroxylation is 1. The topological polar surface area (TPSA) is 56.7 Å². The van der Waals surface area contributed by atoms with Crippen LogP contribution in [0.15, 0.2) is 180 Å². The smallest absolute Gasteiger partial charge is 0.238 e. The summed E-state index contributed by atoms with van der Waals surface area (Å²) in [7, 11) is 0. The van der Waals surface area contributed by atoms with Crippen molar-refractivity contribution in [3.63, 3.8) is 0 Å². The summed E-state index contributed by atoms with van der Waals surface area (Å²) < 4.78 is 8.63. The first-order valence-electron chi connectivity index (χ1n) is 22.4. The van der Waals surface area contributed by atoms with Gasteiger partial charge in [0.15, 0.2) is 5.82 Å². The standard InChI is InChI=1S/C59H46N4O/c1-5-37(32-40-19-9-10-20-42(40)47-35-48-43-21-11-14-24-50(43)59(3,4)51(48)31-36(47)2)56-60-57(41-27-29-46-45-23-13-16-26-54(45)64-55(46)34-41)62-58(61-56)63-52-25-15-12-22-44(52)49-33-39(28-30-53(49)63)38-17-7-6-8-18-38/h6-31,33-35,37H,5,32H2,1-4H3. The molecule has 3 aromatic heterocycles. The van der Waals surface area contributed by atoms with Crippen molar-refractivity contribution < 1.29 is 4.42 Å². The SMILES string of the molecule is CCC(Cc1ccccc1-c1cc2c(cc1C)C(C)(C)c1ccccc1-2)c1nc(-c2ccc3c(c2)oc2ccccc23)nc(-n2c3ccccc3c3cc(-c4ccccc4)ccc32)n1. The number of fused-ring (bicyclic) bond motifs is 9. The third kappa shape index (κ3) is 6.02. The molecule has 5 heteroatoms. The third-order valence-electron chi connectivity index (χ3n) is 13.8. The molecular weight excluding hydrogens is 781 g/mol. The van der Waals surface area contributed by atoms with E-state index in [0.717, 1.165) is 68.0 Å². The number of benzene rings is 8. The van der Waals surface area contributed by atoms with Crippen LogP contribution in [0.3, 0.4) is 0 Å². The maximum Gasteiger partial charge on any atom is 0.238 e. The van der Waals surface area contributed by atoms with Crippen LogP contribution in [0.1, 0.15) is 61.2 Å². The molecule has 0 amide bonds. The van der Waals surface area contributed by atoms with Gasteiger partial charge in [0.2, 0.25) is 5.95 Å². The van der Waals surface area contributed by atoms with E-state index in [9.17, 15) is 0 Å². The van der Waals surface area contributed by atoms with Gasteiger partial charge in [0.25, 0.3) is 0 Å². The Morgan fingerprint density at radius 2 is 1.22 bits per heavy atom. The van der Waals surface area contributed by atoms with Crippen LogP contribution >= 0.6 is 0 Å². The fourth-order valence-corrected chi connectivity index (χ4v) is 10.4. The molecule has 0 aliphatic heterocycles. The van der Waals surface area contributed by atoms with Crippen LogP contribution in [0, 0.1) is 6.92 Å². The van der Waals surface area contributed by atoms with Crippen LogP contribution in [-0.2, 0) is 11.8 Å². The van der Waals surface area contributed by atoms with Gasteiger partial charge in [-0.25, -0.2) is 4.98 Å². The zero-order chi connectivity index (χ0) is 43.1. The predicted molar refractivity (Wildman–Crippen MR) is 263 cm³/mol. The van der Waals surface area contributed by atoms with Gasteiger partial charge < -0.3 is 4.42 Å². The molecule has 8 aromatic carbocycles. The van der Waals surface area contributed by atoms with Gasteiger partial charge in [-0.1, -0.05) is 154 Å². The Morgan fingerprint density at radius 3 is 2.08 bits per heavy atom. The third-order valence-corrected chi connectivity index (χ3v) is 13.8. The number of nitrogens with zero attached hydrogens (tertiary/aromatic N) is 4. The van der Waals surface area contributed by atoms with E-state index in [0.29, 0.717) is 11.8 Å². The van der Waals surface area contributed by atoms with Gasteiger partial charge in [-0.05, 0) is 118 Å². The summed E-state index contributed by atoms with van der Waals surface area (Å²) in [4.78, 5) is 16.2. The molecule has 1 aliphatic rings. The van der Waals surface area contributed by atoms with E-state index in [1.807, 2.05) is 12.1 Å². The van der Waals surface area contributed by atoms with Crippen LogP contribution in [0.2, 0.25) is 0 Å². The molecule has 0 spiro atoms. The zero-order valence-electron chi connectivity index (χ0n) is 36.4. The van der Waals surface area contributed by atoms with Crippen LogP contribution < -0.4 is 0 Å². The first kappa shape index (κ1) is 38.1. The minimum absolute atomic E-state index is 0.00347. The van der Waals surface area contributed by atoms with Gasteiger partial charge in [0, 0.05) is 38.4 Å². The number of aromatic nitrogens is 4. The fourth-order valence-electron chi connectivity index (χ4n) is 10.4. The lowest BCUT2D eigenvalue weighted by molar-refractivity contribution is 0.611. The second kappa shape index (κ2) is 14.7. The highest BCUT2D eigenvalue weighted by Gasteiger charge is 2.36. The van der Waals surface area contributed by atoms with Crippen molar-refractivity contribution in [1.29, 1.82) is 0 Å². The lowest BCUT2D eigenvalue weighted by Crippen LogP contribution is -2.15. The lowest BCUT2D eigenvalue weighted by atomic mass is 9.81. The number of para-hydroxylation sites is 2. The average Bonchev–Trinajstić information content (AvgIpc) is 3.95. The minimum Gasteiger partial charge on any atom is -0.456 e. The molecule has 0 fully saturated rings. The van der Waals surface area contributed by atoms with E-state index in [4.69, 9.17) is 19.4 Å². The van der Waals surface area contributed by atoms with E-state index in [-0.39, 0.29) is 11.3 Å². The van der Waals surface area contributed by atoms with Gasteiger partial charge in [-0.2, -0.15) is 9.97 Å². The maximum atomic E-state index is 6.40. The molecule has 0 N–H and O–H groups in total. The van der Waals surface area contributed by atoms with Crippen LogP contribution in [0.4, 0.5) is 0 Å². The molecule has 12 rings (SSSR count). The largest absolute Gasteiger partial charge is 0.456 e. The molecule has 1 aliphatic carbocycles. The molecule has 1 atom stereocenters. The molecule has 0 saturated carbocycles. The van der Waals surface area contributed by atoms with Gasteiger partial charge in [-0.15, -0.1) is 0 Å². The monoisotopic (exact) mass is 826 g/mol. The Hall–Kier alpha value is -7.63. The predicted octanol–water partition coefficient (Wildman–Crippen LogP) is 15.2. The highest BCUT2D eigenvalue weighted by atomic mass is 16.3. The zero-order valence-corrected chi connectivity index (χ0v) is 36.4. The lowest BCUT2D eigenvalue weighted by Gasteiger charge is -2.23. The molecule has 0 saturated heterocycles. The van der Waals surface area contributed by atoms with E-state index in [2.05, 4.69) is 196 Å². The number of rotatable bonds is 8. The fraction of sp³-hybridized carbons (Fsp3) is 0.136. The number of hydrogen-bond acceptors (Lipinski definition) is 4. The van der Waals surface area contributed by atoms with Crippen LogP contribution in [-0.4, -0.2) is 19.5 Å². The Balaban J connectivity index is 1.02. The Kier molecular flexibility index (Phi) is 8.77. The summed E-state index contributed by atoms with van der Waals surface area (Å²) in [6.07, 6.45) is 1.61. The number of hydrogen-bond donors (Lipinski definition) is 0. The van der Waals surface area contributed by atoms with Crippen molar-refractivity contribution >= 4 is 43.7 Å². The second-order valence-electron chi connectivity index (χ2n) is 17.9. The molecule has 0 bridgehead atoms. The molecule has 64 heavy (non-hydrogen) atoms. The van der Waals surface area contributed by atoms with E-state index in [1.165, 1.54) is 55.6 Å². The van der Waals surface area contributed by atoms with Gasteiger partial charge in [0.05, 0.1) is 11.0 Å². The van der Waals surface area contributed by atoms with Crippen molar-refractivity contribution in [3.05, 3.63) is 204 Å². The van der Waals surface area contributed by atoms with Crippen molar-refractivity contribution in [2.24, 2.45) is 0 Å². The van der Waals surface area contributed by atoms with E-state index >= 15 is 0 Å². The average molecular weight is 827 g/mol. The highest BCUT2D eigenvalue weighted by Crippen LogP contribution is 2.50. The van der Waals surface area contributed by atoms with Gasteiger partial charge >= 0.3 is 0 Å². The molecular formula is C59H46N4O. The summed E-state index contributed by atoms with van der Waals surface area (Å²) in [5, 5.41) is 4.47. The van der Waals surface area contributed by atoms with Gasteiger partial charge in [-0.3, -0.25) is 4.57 Å².